The van der Waals surface area contributed by atoms with Gasteiger partial charge in [0.15, 0.2) is 0 Å². The van der Waals surface area contributed by atoms with Gasteiger partial charge in [-0.3, -0.25) is 0 Å². The molecule has 0 atom stereocenters. The molecule has 0 radical (unpaired) electrons. The average molecular weight is 310 g/mol. The van der Waals surface area contributed by atoms with Gasteiger partial charge in [-0.2, -0.15) is 0 Å². The summed E-state index contributed by atoms with van der Waals surface area (Å²) in [5.41, 5.74) is 1.30. The summed E-state index contributed by atoms with van der Waals surface area (Å²) in [6.45, 7) is 12.0. The molecule has 0 N–H and O–H groups in total. The van der Waals surface area contributed by atoms with Crippen LogP contribution in [0.2, 0.25) is 9.95 Å². The Morgan fingerprint density at radius 3 is 1.89 bits per heavy atom. The van der Waals surface area contributed by atoms with Crippen LogP contribution in [-0.4, -0.2) is 32.4 Å². The first-order chi connectivity index (χ1) is 8.64. The third-order valence-electron chi connectivity index (χ3n) is 3.43. The zero-order chi connectivity index (χ0) is 14.0. The Bertz CT molecular complexity index is 257. The van der Waals surface area contributed by atoms with Crippen molar-refractivity contribution in [1.82, 2.24) is 3.61 Å². The summed E-state index contributed by atoms with van der Waals surface area (Å²) in [7, 11) is 0. The summed E-state index contributed by atoms with van der Waals surface area (Å²) in [5, 5.41) is 0. The van der Waals surface area contributed by atoms with Crippen LogP contribution in [0.3, 0.4) is 0 Å². The van der Waals surface area contributed by atoms with E-state index in [0.717, 1.165) is 13.0 Å². The van der Waals surface area contributed by atoms with Crippen LogP contribution in [0.5, 0.6) is 0 Å². The Labute approximate surface area is 119 Å². The molecule has 0 spiro atoms. The predicted octanol–water partition coefficient (Wildman–Crippen LogP) is 4.39. The van der Waals surface area contributed by atoms with Gasteiger partial charge in [0.25, 0.3) is 0 Å². The second-order valence-electron chi connectivity index (χ2n) is 4.83. The van der Waals surface area contributed by atoms with Gasteiger partial charge in [0.2, 0.25) is 0 Å². The number of allylic oxidation sites excluding steroid dienone is 2. The van der Waals surface area contributed by atoms with Gasteiger partial charge < -0.3 is 0 Å². The summed E-state index contributed by atoms with van der Waals surface area (Å²) in [6.07, 6.45) is 6.11. The normalized spacial score (nSPS) is 11.5. The van der Waals surface area contributed by atoms with Crippen molar-refractivity contribution in [2.45, 2.75) is 70.3 Å². The average Bonchev–Trinajstić information content (AvgIpc) is 2.38. The van der Waals surface area contributed by atoms with Crippen LogP contribution in [-0.2, 0) is 4.79 Å². The zero-order valence-corrected chi connectivity index (χ0v) is 15.4. The molecule has 2 nitrogen and oxygen atoms in total. The van der Waals surface area contributed by atoms with Crippen LogP contribution in [0.1, 0.15) is 60.3 Å². The maximum atomic E-state index is 11.7. The van der Waals surface area contributed by atoms with Crippen molar-refractivity contribution < 1.29 is 4.79 Å². The van der Waals surface area contributed by atoms with Gasteiger partial charge in [-0.05, 0) is 0 Å². The summed E-state index contributed by atoms with van der Waals surface area (Å²) < 4.78 is 2.63. The molecule has 104 valence electrons. The van der Waals surface area contributed by atoms with E-state index in [1.54, 1.807) is 0 Å². The van der Waals surface area contributed by atoms with Crippen molar-refractivity contribution in [1.29, 1.82) is 0 Å². The summed E-state index contributed by atoms with van der Waals surface area (Å²) in [6, 6.07) is 0. The van der Waals surface area contributed by atoms with Crippen molar-refractivity contribution in [3.8, 4) is 0 Å². The first-order valence-electron chi connectivity index (χ1n) is 7.64. The molecule has 0 amide bonds. The molecule has 0 unspecified atom stereocenters. The van der Waals surface area contributed by atoms with E-state index in [4.69, 9.17) is 0 Å². The van der Waals surface area contributed by atoms with Crippen LogP contribution in [0.4, 0.5) is 0 Å². The molecule has 0 aliphatic carbocycles. The molecule has 0 heterocycles. The summed E-state index contributed by atoms with van der Waals surface area (Å²) in [5.74, 6) is 0.277. The van der Waals surface area contributed by atoms with E-state index in [2.05, 4.69) is 31.3 Å². The quantitative estimate of drug-likeness (QED) is 0.440. The standard InChI is InChI=1S/C9H17NO.2C3H7.Ga/c1-4-8(10-6-3)7-9(11)5-2;2*1-3-2;/h7H,4-6H2,1-3H3,(H,10,11);2*1,3H2,2H3;/q;;;+1/p-1. The molecule has 0 aliphatic rings. The minimum atomic E-state index is -1.40. The van der Waals surface area contributed by atoms with Crippen molar-refractivity contribution in [3.05, 3.63) is 11.8 Å². The third-order valence-corrected chi connectivity index (χ3v) is 12.0. The fraction of sp³-hybridized carbons (Fsp3) is 0.800. The number of nitrogens with zero attached hydrogens (tertiary/aromatic N) is 1. The first-order valence-corrected chi connectivity index (χ1v) is 12.1. The zero-order valence-electron chi connectivity index (χ0n) is 13.0. The van der Waals surface area contributed by atoms with E-state index >= 15 is 0 Å². The minimum absolute atomic E-state index is 0.277. The topological polar surface area (TPSA) is 20.3 Å². The summed E-state index contributed by atoms with van der Waals surface area (Å²) >= 11 is -1.40. The molecule has 0 aliphatic heterocycles. The van der Waals surface area contributed by atoms with E-state index in [1.807, 2.05) is 13.0 Å². The molecular formula is C15H30GaNO. The fourth-order valence-corrected chi connectivity index (χ4v) is 9.81. The second kappa shape index (κ2) is 10.7. The Kier molecular flexibility index (Phi) is 10.6. The van der Waals surface area contributed by atoms with E-state index < -0.39 is 16.5 Å². The molecule has 0 aromatic heterocycles. The molecule has 0 bridgehead atoms. The van der Waals surface area contributed by atoms with Gasteiger partial charge in [0.1, 0.15) is 0 Å². The molecule has 0 aromatic carbocycles. The number of rotatable bonds is 10. The molecule has 3 heteroatoms. The van der Waals surface area contributed by atoms with E-state index in [1.165, 1.54) is 28.5 Å². The first kappa shape index (κ1) is 17.8. The Balaban J connectivity index is 4.96. The van der Waals surface area contributed by atoms with E-state index in [-0.39, 0.29) is 5.78 Å². The molecule has 0 saturated heterocycles. The van der Waals surface area contributed by atoms with Gasteiger partial charge in [-0.15, -0.1) is 0 Å². The van der Waals surface area contributed by atoms with Crippen LogP contribution >= 0.6 is 0 Å². The second-order valence-corrected chi connectivity index (χ2v) is 11.3. The maximum absolute atomic E-state index is 11.7. The Hall–Kier alpha value is -0.154. The predicted molar refractivity (Wildman–Crippen MR) is 82.0 cm³/mol. The Morgan fingerprint density at radius 2 is 1.56 bits per heavy atom. The number of hydrogen-bond donors (Lipinski definition) is 0. The Morgan fingerprint density at radius 1 is 1.00 bits per heavy atom. The monoisotopic (exact) mass is 309 g/mol. The van der Waals surface area contributed by atoms with Crippen LogP contribution in [0.25, 0.3) is 0 Å². The van der Waals surface area contributed by atoms with Gasteiger partial charge in [0.05, 0.1) is 0 Å². The van der Waals surface area contributed by atoms with Crippen molar-refractivity contribution in [2.24, 2.45) is 0 Å². The van der Waals surface area contributed by atoms with Gasteiger partial charge >= 0.3 is 119 Å². The van der Waals surface area contributed by atoms with Gasteiger partial charge in [-0.25, -0.2) is 0 Å². The SMILES string of the molecule is CC[CH2][Ga]([CH2]CC)[N](CC)/C(=C\C(=O)CC)CC. The number of carbonyl (C=O) groups excluding carboxylic acids is 1. The fourth-order valence-electron chi connectivity index (χ4n) is 2.49. The molecule has 0 aromatic rings. The van der Waals surface area contributed by atoms with Crippen LogP contribution < -0.4 is 0 Å². The molecular weight excluding hydrogens is 280 g/mol. The van der Waals surface area contributed by atoms with Gasteiger partial charge in [0, 0.05) is 0 Å². The number of carbonyl (C=O) groups is 1. The van der Waals surface area contributed by atoms with E-state index in [0.29, 0.717) is 6.42 Å². The van der Waals surface area contributed by atoms with Crippen molar-refractivity contribution >= 4 is 22.2 Å². The van der Waals surface area contributed by atoms with Gasteiger partial charge in [-0.1, -0.05) is 0 Å². The molecule has 0 saturated carbocycles. The molecule has 0 fully saturated rings. The third kappa shape index (κ3) is 6.14. The summed E-state index contributed by atoms with van der Waals surface area (Å²) in [4.78, 5) is 14.5. The van der Waals surface area contributed by atoms with E-state index in [9.17, 15) is 4.79 Å². The molecule has 18 heavy (non-hydrogen) atoms. The molecule has 0 rings (SSSR count). The van der Waals surface area contributed by atoms with Crippen LogP contribution in [0, 0.1) is 0 Å². The number of ketones is 1. The van der Waals surface area contributed by atoms with Crippen LogP contribution in [0.15, 0.2) is 11.8 Å². The number of hydrogen-bond acceptors (Lipinski definition) is 2. The van der Waals surface area contributed by atoms with Crippen molar-refractivity contribution in [3.63, 3.8) is 0 Å². The van der Waals surface area contributed by atoms with Crippen molar-refractivity contribution in [2.75, 3.05) is 6.54 Å².